The lowest BCUT2D eigenvalue weighted by Crippen LogP contribution is -2.45. The third-order valence-corrected chi connectivity index (χ3v) is 10.7. The summed E-state index contributed by atoms with van der Waals surface area (Å²) in [6, 6.07) is -0.877. The molecule has 0 fully saturated rings. The second-order valence-electron chi connectivity index (χ2n) is 17.1. The van der Waals surface area contributed by atoms with Crippen LogP contribution < -0.4 is 5.32 Å². The van der Waals surface area contributed by atoms with Crippen molar-refractivity contribution >= 4 is 13.7 Å². The SMILES string of the molecule is CC/C=C\C/C=C\C/C=C\C/C=C\C/C=C\C/C=C\C/C=C\C/C=C\C/C=C\C/C=C\C/C=C\C/C=C\CCCCC(=O)NC(COP(=O)(O)OCC[N+](C)(C)C)C(O)/C=C/CCCCC. The van der Waals surface area contributed by atoms with Gasteiger partial charge in [0.2, 0.25) is 5.91 Å². The topological polar surface area (TPSA) is 105 Å². The Balaban J connectivity index is 4.11. The van der Waals surface area contributed by atoms with E-state index in [9.17, 15) is 19.4 Å². The lowest BCUT2D eigenvalue weighted by Gasteiger charge is -2.25. The smallest absolute Gasteiger partial charge is 0.387 e. The zero-order valence-corrected chi connectivity index (χ0v) is 42.7. The maximum Gasteiger partial charge on any atom is 0.472 e. The molecule has 0 spiro atoms. The number of carbonyl (C=O) groups excluding carboxylic acids is 1. The van der Waals surface area contributed by atoms with Crippen LogP contribution in [0.15, 0.2) is 158 Å². The maximum atomic E-state index is 12.8. The zero-order valence-electron chi connectivity index (χ0n) is 41.9. The summed E-state index contributed by atoms with van der Waals surface area (Å²) in [5.74, 6) is -0.236. The number of amides is 1. The Bertz CT molecular complexity index is 1620. The van der Waals surface area contributed by atoms with E-state index in [1.807, 2.05) is 27.2 Å². The van der Waals surface area contributed by atoms with Crippen molar-refractivity contribution in [3.05, 3.63) is 158 Å². The molecule has 3 unspecified atom stereocenters. The first-order chi connectivity index (χ1) is 32.0. The molecule has 0 aromatic rings. The van der Waals surface area contributed by atoms with E-state index in [2.05, 4.69) is 165 Å². The molecule has 0 heterocycles. The number of aliphatic hydroxyl groups is 1. The summed E-state index contributed by atoms with van der Waals surface area (Å²) in [6.07, 6.45) is 73.9. The van der Waals surface area contributed by atoms with Crippen LogP contribution >= 0.6 is 7.82 Å². The predicted octanol–water partition coefficient (Wildman–Crippen LogP) is 14.7. The number of nitrogens with zero attached hydrogens (tertiary/aromatic N) is 1. The molecule has 0 aliphatic carbocycles. The number of aliphatic hydroxyl groups excluding tert-OH is 1. The molecule has 370 valence electrons. The fraction of sp³-hybridized carbons (Fsp3) is 0.526. The molecule has 0 bridgehead atoms. The van der Waals surface area contributed by atoms with Gasteiger partial charge in [-0.15, -0.1) is 0 Å². The fourth-order valence-corrected chi connectivity index (χ4v) is 6.58. The van der Waals surface area contributed by atoms with Crippen molar-refractivity contribution < 1.29 is 32.9 Å². The third-order valence-electron chi connectivity index (χ3n) is 9.75. The van der Waals surface area contributed by atoms with Gasteiger partial charge in [-0.1, -0.05) is 185 Å². The van der Waals surface area contributed by atoms with Crippen LogP contribution in [0, 0.1) is 0 Å². The summed E-state index contributed by atoms with van der Waals surface area (Å²) >= 11 is 0. The van der Waals surface area contributed by atoms with Crippen LogP contribution in [0.2, 0.25) is 0 Å². The van der Waals surface area contributed by atoms with Gasteiger partial charge in [0.15, 0.2) is 0 Å². The molecule has 66 heavy (non-hydrogen) atoms. The Morgan fingerprint density at radius 1 is 0.530 bits per heavy atom. The molecule has 0 aliphatic heterocycles. The van der Waals surface area contributed by atoms with Crippen molar-refractivity contribution in [2.45, 2.75) is 154 Å². The molecule has 0 saturated heterocycles. The van der Waals surface area contributed by atoms with Crippen LogP contribution in [-0.4, -0.2) is 73.4 Å². The van der Waals surface area contributed by atoms with Crippen molar-refractivity contribution in [3.63, 3.8) is 0 Å². The highest BCUT2D eigenvalue weighted by Gasteiger charge is 2.27. The van der Waals surface area contributed by atoms with Crippen LogP contribution in [0.3, 0.4) is 0 Å². The van der Waals surface area contributed by atoms with E-state index in [0.29, 0.717) is 17.4 Å². The lowest BCUT2D eigenvalue weighted by molar-refractivity contribution is -0.870. The standard InChI is InChI=1S/C57H91N2O6P/c1-6-8-10-12-13-14-15-16-17-18-19-20-21-22-23-24-25-26-27-28-29-30-31-32-33-34-35-36-37-38-39-40-41-42-43-44-45-47-49-51-57(61)58-55(56(60)50-48-46-11-9-7-2)54-65-66(62,63)64-53-52-59(3,4)5/h8,10,13-14,16-17,19-20,22-23,25-26,28-29,31-32,34-35,37-38,40-41,43-44,48,50,55-56,60H,6-7,9,11-12,15,18,21,24,27,30,33,36,39,42,45-47,49,51-54H2,1-5H3,(H-,58,61,62,63)/p+1/b10-8-,14-13-,17-16-,20-19-,23-22-,26-25-,29-28-,32-31-,35-34-,38-37-,41-40-,44-43-,50-48+. The molecule has 9 heteroatoms. The van der Waals surface area contributed by atoms with Gasteiger partial charge < -0.3 is 19.8 Å². The number of hydrogen-bond acceptors (Lipinski definition) is 5. The van der Waals surface area contributed by atoms with Crippen LogP contribution in [0.1, 0.15) is 142 Å². The van der Waals surface area contributed by atoms with Crippen LogP contribution in [-0.2, 0) is 18.4 Å². The number of rotatable bonds is 42. The van der Waals surface area contributed by atoms with Gasteiger partial charge in [0.05, 0.1) is 39.9 Å². The Morgan fingerprint density at radius 2 is 0.894 bits per heavy atom. The zero-order chi connectivity index (χ0) is 48.5. The van der Waals surface area contributed by atoms with E-state index in [1.54, 1.807) is 6.08 Å². The minimum absolute atomic E-state index is 0.0427. The highest BCUT2D eigenvalue weighted by atomic mass is 31.2. The molecule has 0 saturated carbocycles. The van der Waals surface area contributed by atoms with Crippen LogP contribution in [0.4, 0.5) is 0 Å². The second-order valence-corrected chi connectivity index (χ2v) is 18.6. The molecule has 0 aromatic carbocycles. The molecule has 0 rings (SSSR count). The third kappa shape index (κ3) is 48.1. The molecular weight excluding hydrogens is 840 g/mol. The van der Waals surface area contributed by atoms with Gasteiger partial charge in [-0.05, 0) is 109 Å². The highest BCUT2D eigenvalue weighted by Crippen LogP contribution is 2.43. The van der Waals surface area contributed by atoms with E-state index >= 15 is 0 Å². The van der Waals surface area contributed by atoms with Crippen molar-refractivity contribution in [1.82, 2.24) is 5.32 Å². The van der Waals surface area contributed by atoms with Crippen molar-refractivity contribution in [2.24, 2.45) is 0 Å². The predicted molar refractivity (Wildman–Crippen MR) is 285 cm³/mol. The molecule has 0 radical (unpaired) electrons. The summed E-state index contributed by atoms with van der Waals surface area (Å²) in [7, 11) is 1.51. The normalized spacial score (nSPS) is 15.4. The van der Waals surface area contributed by atoms with Gasteiger partial charge in [-0.25, -0.2) is 4.57 Å². The summed E-state index contributed by atoms with van der Waals surface area (Å²) in [5, 5.41) is 13.6. The minimum atomic E-state index is -4.35. The average Bonchev–Trinajstić information content (AvgIpc) is 3.27. The number of allylic oxidation sites excluding steroid dienone is 25. The first kappa shape index (κ1) is 62.1. The summed E-state index contributed by atoms with van der Waals surface area (Å²) < 4.78 is 23.3. The minimum Gasteiger partial charge on any atom is -0.387 e. The molecular formula is C57H92N2O6P+. The Hall–Kier alpha value is -3.88. The highest BCUT2D eigenvalue weighted by molar-refractivity contribution is 7.47. The largest absolute Gasteiger partial charge is 0.472 e. The Labute approximate surface area is 403 Å². The number of phosphoric acid groups is 1. The number of carbonyl (C=O) groups is 1. The molecule has 0 aromatic heterocycles. The van der Waals surface area contributed by atoms with Crippen LogP contribution in [0.5, 0.6) is 0 Å². The van der Waals surface area contributed by atoms with E-state index in [4.69, 9.17) is 9.05 Å². The van der Waals surface area contributed by atoms with E-state index in [1.165, 1.54) is 0 Å². The Kier molecular flexibility index (Phi) is 43.5. The van der Waals surface area contributed by atoms with E-state index in [-0.39, 0.29) is 25.5 Å². The van der Waals surface area contributed by atoms with Crippen molar-refractivity contribution in [3.8, 4) is 0 Å². The fourth-order valence-electron chi connectivity index (χ4n) is 5.84. The van der Waals surface area contributed by atoms with Crippen LogP contribution in [0.25, 0.3) is 0 Å². The molecule has 1 amide bonds. The van der Waals surface area contributed by atoms with Gasteiger partial charge in [0.1, 0.15) is 13.2 Å². The molecule has 3 N–H and O–H groups in total. The summed E-state index contributed by atoms with van der Waals surface area (Å²) in [6.45, 7) is 4.50. The summed E-state index contributed by atoms with van der Waals surface area (Å²) in [4.78, 5) is 22.9. The van der Waals surface area contributed by atoms with Gasteiger partial charge in [-0.2, -0.15) is 0 Å². The number of likely N-dealkylation sites (N-methyl/N-ethyl adjacent to an activating group) is 1. The number of hydrogen-bond donors (Lipinski definition) is 3. The first-order valence-corrected chi connectivity index (χ1v) is 26.4. The van der Waals surface area contributed by atoms with Crippen molar-refractivity contribution in [2.75, 3.05) is 40.9 Å². The molecule has 0 aliphatic rings. The van der Waals surface area contributed by atoms with Gasteiger partial charge >= 0.3 is 7.82 Å². The van der Waals surface area contributed by atoms with E-state index < -0.39 is 20.0 Å². The number of phosphoric ester groups is 1. The average molecular weight is 932 g/mol. The molecule has 8 nitrogen and oxygen atoms in total. The monoisotopic (exact) mass is 932 g/mol. The Morgan fingerprint density at radius 3 is 1.27 bits per heavy atom. The number of unbranched alkanes of at least 4 members (excludes halogenated alkanes) is 5. The molecule has 3 atom stereocenters. The van der Waals surface area contributed by atoms with E-state index in [0.717, 1.165) is 116 Å². The number of nitrogens with one attached hydrogen (secondary N) is 1. The van der Waals surface area contributed by atoms with Crippen molar-refractivity contribution in [1.29, 1.82) is 0 Å². The van der Waals surface area contributed by atoms with Gasteiger partial charge in [0.25, 0.3) is 0 Å². The number of quaternary nitrogens is 1. The summed E-state index contributed by atoms with van der Waals surface area (Å²) in [5.41, 5.74) is 0. The van der Waals surface area contributed by atoms with Gasteiger partial charge in [-0.3, -0.25) is 13.8 Å². The lowest BCUT2D eigenvalue weighted by atomic mass is 10.1. The van der Waals surface area contributed by atoms with Gasteiger partial charge in [0, 0.05) is 6.42 Å². The second kappa shape index (κ2) is 46.2. The first-order valence-electron chi connectivity index (χ1n) is 24.9. The quantitative estimate of drug-likeness (QED) is 0.0244. The maximum absolute atomic E-state index is 12.8.